The van der Waals surface area contributed by atoms with Crippen molar-refractivity contribution in [2.45, 2.75) is 35.1 Å². The molecule has 0 saturated carbocycles. The molecule has 0 aromatic rings. The van der Waals surface area contributed by atoms with Crippen LogP contribution in [0.4, 0.5) is 57.1 Å². The first kappa shape index (κ1) is 29.4. The van der Waals surface area contributed by atoms with E-state index in [4.69, 9.17) is 5.11 Å². The average molecular weight is 485 g/mol. The summed E-state index contributed by atoms with van der Waals surface area (Å²) >= 11 is 0. The van der Waals surface area contributed by atoms with E-state index in [0.717, 1.165) is 6.08 Å². The Morgan fingerprint density at radius 1 is 0.793 bits per heavy atom. The number of hydrogen-bond donors (Lipinski definition) is 2. The second kappa shape index (κ2) is 8.15. The van der Waals surface area contributed by atoms with Crippen LogP contribution in [0.5, 0.6) is 0 Å². The highest BCUT2D eigenvalue weighted by atomic mass is 32.2. The SMILES string of the molecule is C=CC(=O)O.CNS(=O)(=O)C(F)(F)C(F)(F)C(F)(F)C(F)(F)C(F)(F)C(F)(F)F. The summed E-state index contributed by atoms with van der Waals surface area (Å²) in [6.45, 7) is 2.96. The molecule has 0 radical (unpaired) electrons. The lowest BCUT2D eigenvalue weighted by atomic mass is 9.98. The van der Waals surface area contributed by atoms with E-state index in [0.29, 0.717) is 4.72 Å². The van der Waals surface area contributed by atoms with E-state index in [2.05, 4.69) is 6.58 Å². The molecule has 5 nitrogen and oxygen atoms in total. The largest absolute Gasteiger partial charge is 0.478 e. The van der Waals surface area contributed by atoms with Crippen molar-refractivity contribution in [1.29, 1.82) is 0 Å². The minimum absolute atomic E-state index is 0.0695. The summed E-state index contributed by atoms with van der Waals surface area (Å²) in [5.41, 5.74) is 0. The van der Waals surface area contributed by atoms with Gasteiger partial charge in [-0.15, -0.1) is 0 Å². The quantitative estimate of drug-likeness (QED) is 0.428. The Balaban J connectivity index is 0. The molecule has 0 aliphatic carbocycles. The van der Waals surface area contributed by atoms with Gasteiger partial charge < -0.3 is 5.11 Å². The Morgan fingerprint density at radius 3 is 1.28 bits per heavy atom. The zero-order valence-electron chi connectivity index (χ0n) is 13.3. The van der Waals surface area contributed by atoms with Gasteiger partial charge in [0.1, 0.15) is 0 Å². The van der Waals surface area contributed by atoms with E-state index in [1.807, 2.05) is 0 Å². The number of aliphatic carboxylic acids is 1. The lowest BCUT2D eigenvalue weighted by Crippen LogP contribution is -2.71. The molecule has 0 rings (SSSR count). The van der Waals surface area contributed by atoms with Crippen molar-refractivity contribution in [3.05, 3.63) is 12.7 Å². The van der Waals surface area contributed by atoms with Crippen molar-refractivity contribution in [1.82, 2.24) is 4.72 Å². The summed E-state index contributed by atoms with van der Waals surface area (Å²) in [5.74, 6) is -33.0. The number of nitrogens with one attached hydrogen (secondary N) is 1. The first-order chi connectivity index (χ1) is 12.3. The smallest absolute Gasteiger partial charge is 0.460 e. The van der Waals surface area contributed by atoms with E-state index in [1.54, 1.807) is 0 Å². The number of sulfonamides is 1. The van der Waals surface area contributed by atoms with E-state index < -0.39 is 51.1 Å². The zero-order chi connectivity index (χ0) is 24.5. The molecular weight excluding hydrogens is 477 g/mol. The van der Waals surface area contributed by atoms with Crippen LogP contribution in [-0.2, 0) is 14.8 Å². The number of halogens is 13. The first-order valence-corrected chi connectivity index (χ1v) is 7.56. The second-order valence-electron chi connectivity index (χ2n) is 4.56. The third kappa shape index (κ3) is 4.69. The Labute approximate surface area is 152 Å². The van der Waals surface area contributed by atoms with Gasteiger partial charge >= 0.3 is 41.1 Å². The molecule has 0 aromatic heterocycles. The van der Waals surface area contributed by atoms with Gasteiger partial charge in [-0.2, -0.15) is 57.1 Å². The summed E-state index contributed by atoms with van der Waals surface area (Å²) < 4.78 is 185. The summed E-state index contributed by atoms with van der Waals surface area (Å²) in [7, 11) is -6.92. The lowest BCUT2D eigenvalue weighted by Gasteiger charge is -2.39. The van der Waals surface area contributed by atoms with Crippen molar-refractivity contribution in [3.63, 3.8) is 0 Å². The standard InChI is InChI=1S/C7H4F13NO2S.C3H4O2/c1-21-24(22,23)7(19,20)5(14,15)3(10,11)2(8,9)4(12,13)6(16,17)18;1-2-3(4)5/h21H,1H3;2H,1H2,(H,4,5). The fourth-order valence-electron chi connectivity index (χ4n) is 1.05. The molecule has 0 aromatic carbocycles. The summed E-state index contributed by atoms with van der Waals surface area (Å²) in [6.07, 6.45) is -6.72. The van der Waals surface area contributed by atoms with Gasteiger partial charge in [0.05, 0.1) is 0 Å². The van der Waals surface area contributed by atoms with Crippen LogP contribution in [0.3, 0.4) is 0 Å². The van der Waals surface area contributed by atoms with Crippen molar-refractivity contribution in [3.8, 4) is 0 Å². The molecule has 0 fully saturated rings. The fourth-order valence-corrected chi connectivity index (χ4v) is 1.77. The molecule has 29 heavy (non-hydrogen) atoms. The molecule has 174 valence electrons. The third-order valence-corrected chi connectivity index (χ3v) is 4.15. The van der Waals surface area contributed by atoms with Crippen molar-refractivity contribution in [2.24, 2.45) is 0 Å². The van der Waals surface area contributed by atoms with Gasteiger partial charge in [-0.25, -0.2) is 17.9 Å². The van der Waals surface area contributed by atoms with Crippen LogP contribution < -0.4 is 4.72 Å². The highest BCUT2D eigenvalue weighted by Crippen LogP contribution is 2.60. The summed E-state index contributed by atoms with van der Waals surface area (Å²) in [5, 5.41) is 0.427. The van der Waals surface area contributed by atoms with Crippen LogP contribution in [0.2, 0.25) is 0 Å². The maximum absolute atomic E-state index is 13.0. The van der Waals surface area contributed by atoms with Crippen molar-refractivity contribution >= 4 is 16.0 Å². The normalized spacial score (nSPS) is 14.7. The van der Waals surface area contributed by atoms with Gasteiger partial charge in [-0.3, -0.25) is 0 Å². The molecule has 19 heteroatoms. The van der Waals surface area contributed by atoms with E-state index >= 15 is 0 Å². The molecule has 0 amide bonds. The third-order valence-electron chi connectivity index (χ3n) is 2.69. The Morgan fingerprint density at radius 2 is 1.07 bits per heavy atom. The maximum Gasteiger partial charge on any atom is 0.460 e. The van der Waals surface area contributed by atoms with Crippen LogP contribution in [-0.4, -0.2) is 61.7 Å². The number of rotatable bonds is 7. The van der Waals surface area contributed by atoms with Gasteiger partial charge in [0.2, 0.25) is 0 Å². The fraction of sp³-hybridized carbons (Fsp3) is 0.700. The molecule has 0 bridgehead atoms. The number of carboxylic acid groups (broad SMARTS) is 1. The summed E-state index contributed by atoms with van der Waals surface area (Å²) in [4.78, 5) is 9.25. The first-order valence-electron chi connectivity index (χ1n) is 6.07. The topological polar surface area (TPSA) is 83.5 Å². The number of alkyl halides is 13. The molecule has 0 heterocycles. The van der Waals surface area contributed by atoms with Crippen LogP contribution >= 0.6 is 0 Å². The maximum atomic E-state index is 13.0. The number of carboxylic acids is 1. The van der Waals surface area contributed by atoms with Gasteiger partial charge in [0.25, 0.3) is 10.0 Å². The van der Waals surface area contributed by atoms with Crippen LogP contribution in [0, 0.1) is 0 Å². The minimum Gasteiger partial charge on any atom is -0.478 e. The molecule has 0 saturated heterocycles. The molecule has 2 N–H and O–H groups in total. The highest BCUT2D eigenvalue weighted by Gasteiger charge is 2.92. The van der Waals surface area contributed by atoms with E-state index in [-0.39, 0.29) is 7.05 Å². The Bertz CT molecular complexity index is 714. The monoisotopic (exact) mass is 485 g/mol. The predicted octanol–water partition coefficient (Wildman–Crippen LogP) is 3.49. The number of carbonyl (C=O) groups is 1. The van der Waals surface area contributed by atoms with Gasteiger partial charge in [-0.05, 0) is 7.05 Å². The average Bonchev–Trinajstić information content (AvgIpc) is 2.53. The van der Waals surface area contributed by atoms with Crippen molar-refractivity contribution in [2.75, 3.05) is 7.05 Å². The van der Waals surface area contributed by atoms with Crippen LogP contribution in [0.1, 0.15) is 0 Å². The second-order valence-corrected chi connectivity index (χ2v) is 6.49. The zero-order valence-corrected chi connectivity index (χ0v) is 14.1. The Kier molecular flexibility index (Phi) is 8.27. The van der Waals surface area contributed by atoms with E-state index in [9.17, 15) is 70.3 Å². The number of hydrogen-bond acceptors (Lipinski definition) is 3. The van der Waals surface area contributed by atoms with Crippen molar-refractivity contribution < 1.29 is 75.4 Å². The molecule has 0 unspecified atom stereocenters. The lowest BCUT2D eigenvalue weighted by molar-refractivity contribution is -0.433. The van der Waals surface area contributed by atoms with Gasteiger partial charge in [-0.1, -0.05) is 6.58 Å². The van der Waals surface area contributed by atoms with Crippen LogP contribution in [0.25, 0.3) is 0 Å². The van der Waals surface area contributed by atoms with Gasteiger partial charge in [0.15, 0.2) is 0 Å². The highest BCUT2D eigenvalue weighted by molar-refractivity contribution is 7.90. The molecular formula is C10H8F13NO4S. The Hall–Kier alpha value is -1.79. The van der Waals surface area contributed by atoms with E-state index in [1.165, 1.54) is 0 Å². The molecule has 0 aliphatic rings. The van der Waals surface area contributed by atoms with Gasteiger partial charge in [0, 0.05) is 6.08 Å². The van der Waals surface area contributed by atoms with Crippen LogP contribution in [0.15, 0.2) is 12.7 Å². The summed E-state index contributed by atoms with van der Waals surface area (Å²) in [6, 6.07) is 0. The minimum atomic E-state index is -8.13. The predicted molar refractivity (Wildman–Crippen MR) is 66.6 cm³/mol. The molecule has 0 spiro atoms. The molecule has 0 aliphatic heterocycles. The molecule has 0 atom stereocenters.